The van der Waals surface area contributed by atoms with Crippen LogP contribution in [0.2, 0.25) is 5.02 Å². The maximum atomic E-state index is 13.1. The fourth-order valence-electron chi connectivity index (χ4n) is 3.34. The zero-order valence-corrected chi connectivity index (χ0v) is 18.8. The molecule has 4 rings (SSSR count). The number of methoxy groups -OCH3 is 1. The number of furan rings is 1. The first-order valence-corrected chi connectivity index (χ1v) is 11.6. The standard InChI is InChI=1S/C22H21ClN2O6S/c1-29-19-7-6-15(14-21(19)32(27,28)25-10-12-30-13-11-25)24-22(26)20-9-8-18(31-20)16-4-2-3-5-17(16)23/h2-9,14H,10-13H2,1H3,(H,24,26). The van der Waals surface area contributed by atoms with Gasteiger partial charge in [-0.1, -0.05) is 23.7 Å². The van der Waals surface area contributed by atoms with Gasteiger partial charge in [0.05, 0.1) is 25.3 Å². The van der Waals surface area contributed by atoms with Gasteiger partial charge in [0.2, 0.25) is 10.0 Å². The second-order valence-corrected chi connectivity index (χ2v) is 9.29. The molecule has 1 aliphatic heterocycles. The summed E-state index contributed by atoms with van der Waals surface area (Å²) in [5, 5.41) is 3.18. The molecule has 3 aromatic rings. The third-order valence-electron chi connectivity index (χ3n) is 4.98. The van der Waals surface area contributed by atoms with Crippen LogP contribution < -0.4 is 10.1 Å². The van der Waals surface area contributed by atoms with Gasteiger partial charge in [-0.3, -0.25) is 4.79 Å². The van der Waals surface area contributed by atoms with Crippen LogP contribution in [-0.4, -0.2) is 52.0 Å². The molecule has 1 N–H and O–H groups in total. The van der Waals surface area contributed by atoms with E-state index in [1.165, 1.54) is 29.6 Å². The largest absolute Gasteiger partial charge is 0.495 e. The summed E-state index contributed by atoms with van der Waals surface area (Å²) < 4.78 is 43.7. The molecule has 1 aliphatic rings. The van der Waals surface area contributed by atoms with Crippen molar-refractivity contribution in [1.29, 1.82) is 0 Å². The van der Waals surface area contributed by atoms with Crippen LogP contribution in [0.4, 0.5) is 5.69 Å². The zero-order chi connectivity index (χ0) is 22.7. The van der Waals surface area contributed by atoms with Gasteiger partial charge in [-0.05, 0) is 42.5 Å². The fourth-order valence-corrected chi connectivity index (χ4v) is 5.16. The smallest absolute Gasteiger partial charge is 0.291 e. The van der Waals surface area contributed by atoms with Crippen LogP contribution in [0.5, 0.6) is 5.75 Å². The highest BCUT2D eigenvalue weighted by Gasteiger charge is 2.29. The van der Waals surface area contributed by atoms with Gasteiger partial charge in [-0.2, -0.15) is 4.31 Å². The number of hydrogen-bond donors (Lipinski definition) is 1. The minimum atomic E-state index is -3.83. The number of anilines is 1. The van der Waals surface area contributed by atoms with Gasteiger partial charge in [0.1, 0.15) is 16.4 Å². The Morgan fingerprint density at radius 3 is 2.56 bits per heavy atom. The van der Waals surface area contributed by atoms with Gasteiger partial charge in [0.15, 0.2) is 5.76 Å². The Hall–Kier alpha value is -2.85. The molecule has 1 saturated heterocycles. The lowest BCUT2D eigenvalue weighted by Gasteiger charge is -2.26. The number of benzene rings is 2. The van der Waals surface area contributed by atoms with E-state index < -0.39 is 15.9 Å². The van der Waals surface area contributed by atoms with E-state index in [-0.39, 0.29) is 29.5 Å². The highest BCUT2D eigenvalue weighted by atomic mass is 35.5. The number of nitrogens with zero attached hydrogens (tertiary/aromatic N) is 1. The summed E-state index contributed by atoms with van der Waals surface area (Å²) in [4.78, 5) is 12.7. The molecule has 0 saturated carbocycles. The molecule has 32 heavy (non-hydrogen) atoms. The Morgan fingerprint density at radius 2 is 1.84 bits per heavy atom. The van der Waals surface area contributed by atoms with Crippen LogP contribution >= 0.6 is 11.6 Å². The van der Waals surface area contributed by atoms with Crippen molar-refractivity contribution in [2.45, 2.75) is 4.90 Å². The number of carbonyl (C=O) groups is 1. The van der Waals surface area contributed by atoms with Crippen molar-refractivity contribution in [3.05, 3.63) is 65.4 Å². The van der Waals surface area contributed by atoms with E-state index in [4.69, 9.17) is 25.5 Å². The number of halogens is 1. The molecule has 168 valence electrons. The summed E-state index contributed by atoms with van der Waals surface area (Å²) in [7, 11) is -2.43. The number of nitrogens with one attached hydrogen (secondary N) is 1. The fraction of sp³-hybridized carbons (Fsp3) is 0.227. The third kappa shape index (κ3) is 4.51. The van der Waals surface area contributed by atoms with Crippen molar-refractivity contribution in [1.82, 2.24) is 4.31 Å². The topological polar surface area (TPSA) is 98.1 Å². The molecule has 0 spiro atoms. The Labute approximate surface area is 190 Å². The molecule has 1 fully saturated rings. The first kappa shape index (κ1) is 22.3. The lowest BCUT2D eigenvalue weighted by molar-refractivity contribution is 0.0729. The van der Waals surface area contributed by atoms with Crippen LogP contribution in [0.25, 0.3) is 11.3 Å². The third-order valence-corrected chi connectivity index (χ3v) is 7.23. The molecular formula is C22H21ClN2O6S. The van der Waals surface area contributed by atoms with E-state index >= 15 is 0 Å². The quantitative estimate of drug-likeness (QED) is 0.579. The van der Waals surface area contributed by atoms with Crippen molar-refractivity contribution in [3.8, 4) is 17.1 Å². The lowest BCUT2D eigenvalue weighted by Crippen LogP contribution is -2.40. The average Bonchev–Trinajstić information content (AvgIpc) is 3.30. The summed E-state index contributed by atoms with van der Waals surface area (Å²) in [6, 6.07) is 14.8. The Morgan fingerprint density at radius 1 is 1.09 bits per heavy atom. The lowest BCUT2D eigenvalue weighted by atomic mass is 10.2. The predicted octanol–water partition coefficient (Wildman–Crippen LogP) is 3.88. The van der Waals surface area contributed by atoms with Gasteiger partial charge in [-0.25, -0.2) is 8.42 Å². The van der Waals surface area contributed by atoms with Gasteiger partial charge >= 0.3 is 0 Å². The molecule has 0 radical (unpaired) electrons. The molecule has 0 unspecified atom stereocenters. The maximum Gasteiger partial charge on any atom is 0.291 e. The summed E-state index contributed by atoms with van der Waals surface area (Å²) in [6.07, 6.45) is 0. The molecule has 2 aromatic carbocycles. The number of morpholine rings is 1. The van der Waals surface area contributed by atoms with Crippen LogP contribution in [0.3, 0.4) is 0 Å². The monoisotopic (exact) mass is 476 g/mol. The Balaban J connectivity index is 1.58. The van der Waals surface area contributed by atoms with E-state index in [2.05, 4.69) is 5.32 Å². The Kier molecular flexibility index (Phi) is 6.52. The number of rotatable bonds is 6. The molecule has 0 aliphatic carbocycles. The minimum absolute atomic E-state index is 0.0316. The van der Waals surface area contributed by atoms with E-state index in [9.17, 15) is 13.2 Å². The highest BCUT2D eigenvalue weighted by molar-refractivity contribution is 7.89. The van der Waals surface area contributed by atoms with Crippen molar-refractivity contribution in [3.63, 3.8) is 0 Å². The molecule has 1 aromatic heterocycles. The molecule has 8 nitrogen and oxygen atoms in total. The number of carbonyl (C=O) groups excluding carboxylic acids is 1. The van der Waals surface area contributed by atoms with Gasteiger partial charge < -0.3 is 19.2 Å². The van der Waals surface area contributed by atoms with Crippen molar-refractivity contribution >= 4 is 33.2 Å². The molecule has 0 atom stereocenters. The van der Waals surface area contributed by atoms with Crippen molar-refractivity contribution in [2.24, 2.45) is 0 Å². The van der Waals surface area contributed by atoms with E-state index in [1.54, 1.807) is 30.3 Å². The molecule has 0 bridgehead atoms. The average molecular weight is 477 g/mol. The normalized spacial score (nSPS) is 14.8. The number of amides is 1. The van der Waals surface area contributed by atoms with Crippen LogP contribution in [0.15, 0.2) is 63.9 Å². The summed E-state index contributed by atoms with van der Waals surface area (Å²) >= 11 is 6.19. The highest BCUT2D eigenvalue weighted by Crippen LogP contribution is 2.32. The van der Waals surface area contributed by atoms with Crippen LogP contribution in [0, 0.1) is 0 Å². The number of ether oxygens (including phenoxy) is 2. The second-order valence-electron chi connectivity index (χ2n) is 6.98. The maximum absolute atomic E-state index is 13.1. The van der Waals surface area contributed by atoms with Crippen molar-refractivity contribution in [2.75, 3.05) is 38.7 Å². The summed E-state index contributed by atoms with van der Waals surface area (Å²) in [6.45, 7) is 1.15. The van der Waals surface area contributed by atoms with Crippen molar-refractivity contribution < 1.29 is 27.1 Å². The molecule has 2 heterocycles. The summed E-state index contributed by atoms with van der Waals surface area (Å²) in [5.74, 6) is 0.177. The molecule has 10 heteroatoms. The SMILES string of the molecule is COc1ccc(NC(=O)c2ccc(-c3ccccc3Cl)o2)cc1S(=O)(=O)N1CCOCC1. The van der Waals surface area contributed by atoms with Gasteiger partial charge in [-0.15, -0.1) is 0 Å². The molecular weight excluding hydrogens is 456 g/mol. The van der Waals surface area contributed by atoms with Gasteiger partial charge in [0.25, 0.3) is 5.91 Å². The first-order valence-electron chi connectivity index (χ1n) is 9.82. The minimum Gasteiger partial charge on any atom is -0.495 e. The number of hydrogen-bond acceptors (Lipinski definition) is 6. The summed E-state index contributed by atoms with van der Waals surface area (Å²) in [5.41, 5.74) is 0.954. The Bertz CT molecular complexity index is 1230. The van der Waals surface area contributed by atoms with Crippen LogP contribution in [-0.2, 0) is 14.8 Å². The van der Waals surface area contributed by atoms with Crippen LogP contribution in [0.1, 0.15) is 10.6 Å². The van der Waals surface area contributed by atoms with E-state index in [0.29, 0.717) is 35.2 Å². The first-order chi connectivity index (χ1) is 15.4. The van der Waals surface area contributed by atoms with Gasteiger partial charge in [0, 0.05) is 24.3 Å². The zero-order valence-electron chi connectivity index (χ0n) is 17.2. The number of sulfonamides is 1. The van der Waals surface area contributed by atoms with E-state index in [1.807, 2.05) is 6.07 Å². The molecule has 1 amide bonds. The second kappa shape index (κ2) is 9.33. The van der Waals surface area contributed by atoms with E-state index in [0.717, 1.165) is 0 Å². The predicted molar refractivity (Wildman–Crippen MR) is 120 cm³/mol.